The summed E-state index contributed by atoms with van der Waals surface area (Å²) < 4.78 is 32.8. The van der Waals surface area contributed by atoms with Crippen LogP contribution in [0.2, 0.25) is 0 Å². The second-order valence-corrected chi connectivity index (χ2v) is 4.78. The first kappa shape index (κ1) is 17.3. The van der Waals surface area contributed by atoms with E-state index < -0.39 is 10.1 Å². The number of nitriles is 1. The van der Waals surface area contributed by atoms with Crippen LogP contribution < -0.4 is 51.4 Å². The predicted octanol–water partition coefficient (Wildman–Crippen LogP) is -1.17. The molecule has 1 aromatic rings. The summed E-state index contributed by atoms with van der Waals surface area (Å²) in [6.07, 6.45) is 2.38. The fourth-order valence-corrected chi connectivity index (χ4v) is 2.21. The van der Waals surface area contributed by atoms with Gasteiger partial charge in [-0.15, -0.1) is 0 Å². The molecule has 0 aliphatic heterocycles. The third-order valence-corrected chi connectivity index (χ3v) is 3.16. The van der Waals surface area contributed by atoms with E-state index in [1.807, 2.05) is 6.07 Å². The second-order valence-electron chi connectivity index (χ2n) is 3.43. The first-order chi connectivity index (χ1) is 7.55. The third kappa shape index (κ3) is 6.11. The summed E-state index contributed by atoms with van der Waals surface area (Å²) >= 11 is 0. The summed E-state index contributed by atoms with van der Waals surface area (Å²) in [5.41, 5.74) is 0.537. The zero-order chi connectivity index (χ0) is 12.0. The maximum absolute atomic E-state index is 10.9. The topological polar surface area (TPSA) is 81.0 Å². The molecule has 0 aliphatic rings. The Bertz CT molecular complexity index is 494. The van der Waals surface area contributed by atoms with Crippen LogP contribution in [0.15, 0.2) is 29.2 Å². The average Bonchev–Trinajstić information content (AvgIpc) is 2.24. The van der Waals surface area contributed by atoms with E-state index in [1.54, 1.807) is 12.1 Å². The molecule has 0 aliphatic carbocycles. The van der Waals surface area contributed by atoms with E-state index in [1.165, 1.54) is 12.1 Å². The SMILES string of the molecule is N#CCCCCc1ccccc1S(=O)(=O)[O-].[K+]. The fourth-order valence-electron chi connectivity index (χ4n) is 1.47. The van der Waals surface area contributed by atoms with Crippen molar-refractivity contribution in [2.45, 2.75) is 30.6 Å². The van der Waals surface area contributed by atoms with Gasteiger partial charge in [0.2, 0.25) is 0 Å². The monoisotopic (exact) mass is 277 g/mol. The molecule has 6 heteroatoms. The minimum atomic E-state index is -4.39. The van der Waals surface area contributed by atoms with Crippen molar-refractivity contribution in [1.82, 2.24) is 0 Å². The molecule has 17 heavy (non-hydrogen) atoms. The molecule has 86 valence electrons. The van der Waals surface area contributed by atoms with Crippen molar-refractivity contribution in [3.8, 4) is 6.07 Å². The number of hydrogen-bond acceptors (Lipinski definition) is 4. The van der Waals surface area contributed by atoms with E-state index >= 15 is 0 Å². The molecule has 0 spiro atoms. The van der Waals surface area contributed by atoms with Crippen LogP contribution in [0, 0.1) is 11.3 Å². The van der Waals surface area contributed by atoms with Crippen molar-refractivity contribution in [3.63, 3.8) is 0 Å². The van der Waals surface area contributed by atoms with Gasteiger partial charge in [0.05, 0.1) is 11.0 Å². The van der Waals surface area contributed by atoms with Crippen LogP contribution in [0.25, 0.3) is 0 Å². The molecular weight excluding hydrogens is 265 g/mol. The molecule has 0 saturated carbocycles. The second kappa shape index (κ2) is 8.37. The summed E-state index contributed by atoms with van der Waals surface area (Å²) in [4.78, 5) is -0.146. The van der Waals surface area contributed by atoms with Gasteiger partial charge >= 0.3 is 51.4 Å². The van der Waals surface area contributed by atoms with E-state index in [0.717, 1.165) is 0 Å². The maximum Gasteiger partial charge on any atom is 1.00 e. The van der Waals surface area contributed by atoms with Crippen LogP contribution in [-0.4, -0.2) is 13.0 Å². The summed E-state index contributed by atoms with van der Waals surface area (Å²) in [6.45, 7) is 0. The smallest absolute Gasteiger partial charge is 0.744 e. The first-order valence-corrected chi connectivity index (χ1v) is 6.37. The third-order valence-electron chi connectivity index (χ3n) is 2.23. The van der Waals surface area contributed by atoms with E-state index in [0.29, 0.717) is 31.2 Å². The molecule has 4 nitrogen and oxygen atoms in total. The number of rotatable bonds is 5. The first-order valence-electron chi connectivity index (χ1n) is 4.96. The number of nitrogens with zero attached hydrogens (tertiary/aromatic N) is 1. The molecule has 0 bridgehead atoms. The molecule has 1 rings (SSSR count). The van der Waals surface area contributed by atoms with Gasteiger partial charge in [-0.1, -0.05) is 18.2 Å². The standard InChI is InChI=1S/C11H13NO3S.K/c12-9-5-1-2-6-10-7-3-4-8-11(10)16(13,14)15;/h3-4,7-8H,1-2,5-6H2,(H,13,14,15);/q;+1/p-1. The molecular formula is C11H12KNO3S. The quantitative estimate of drug-likeness (QED) is 0.386. The van der Waals surface area contributed by atoms with Gasteiger partial charge in [0.25, 0.3) is 0 Å². The summed E-state index contributed by atoms with van der Waals surface area (Å²) in [6, 6.07) is 8.21. The Morgan fingerprint density at radius 2 is 1.88 bits per heavy atom. The largest absolute Gasteiger partial charge is 1.00 e. The van der Waals surface area contributed by atoms with E-state index in [-0.39, 0.29) is 56.3 Å². The Labute approximate surface area is 144 Å². The van der Waals surface area contributed by atoms with Gasteiger partial charge in [0.1, 0.15) is 10.1 Å². The average molecular weight is 277 g/mol. The maximum atomic E-state index is 10.9. The molecule has 0 N–H and O–H groups in total. The van der Waals surface area contributed by atoms with Crippen molar-refractivity contribution in [3.05, 3.63) is 29.8 Å². The van der Waals surface area contributed by atoms with Crippen LogP contribution in [-0.2, 0) is 16.5 Å². The zero-order valence-electron chi connectivity index (χ0n) is 9.72. The van der Waals surface area contributed by atoms with Crippen LogP contribution in [0.1, 0.15) is 24.8 Å². The Morgan fingerprint density at radius 1 is 1.24 bits per heavy atom. The zero-order valence-corrected chi connectivity index (χ0v) is 13.7. The molecule has 0 aromatic heterocycles. The number of unbranched alkanes of at least 4 members (excludes halogenated alkanes) is 2. The van der Waals surface area contributed by atoms with Crippen LogP contribution in [0.5, 0.6) is 0 Å². The van der Waals surface area contributed by atoms with Gasteiger partial charge in [-0.25, -0.2) is 8.42 Å². The Morgan fingerprint density at radius 3 is 2.47 bits per heavy atom. The van der Waals surface area contributed by atoms with Crippen molar-refractivity contribution < 1.29 is 64.4 Å². The Balaban J connectivity index is 0.00000256. The van der Waals surface area contributed by atoms with Crippen molar-refractivity contribution in [1.29, 1.82) is 5.26 Å². The van der Waals surface area contributed by atoms with E-state index in [2.05, 4.69) is 0 Å². The summed E-state index contributed by atoms with van der Waals surface area (Å²) in [5, 5.41) is 8.35. The van der Waals surface area contributed by atoms with Gasteiger partial charge in [0.15, 0.2) is 0 Å². The van der Waals surface area contributed by atoms with Gasteiger partial charge < -0.3 is 4.55 Å². The number of aryl methyl sites for hydroxylation is 1. The Kier molecular flexibility index (Phi) is 8.50. The number of hydrogen-bond donors (Lipinski definition) is 0. The molecule has 0 saturated heterocycles. The van der Waals surface area contributed by atoms with Gasteiger partial charge in [0, 0.05) is 6.42 Å². The summed E-state index contributed by atoms with van der Waals surface area (Å²) in [7, 11) is -4.39. The summed E-state index contributed by atoms with van der Waals surface area (Å²) in [5.74, 6) is 0. The van der Waals surface area contributed by atoms with Crippen LogP contribution in [0.3, 0.4) is 0 Å². The molecule has 0 fully saturated rings. The molecule has 0 radical (unpaired) electrons. The molecule has 0 atom stereocenters. The molecule has 0 heterocycles. The van der Waals surface area contributed by atoms with Crippen molar-refractivity contribution >= 4 is 10.1 Å². The minimum absolute atomic E-state index is 0. The number of benzene rings is 1. The van der Waals surface area contributed by atoms with Gasteiger partial charge in [-0.05, 0) is 30.9 Å². The van der Waals surface area contributed by atoms with Crippen molar-refractivity contribution in [2.24, 2.45) is 0 Å². The van der Waals surface area contributed by atoms with Crippen LogP contribution >= 0.6 is 0 Å². The molecule has 0 unspecified atom stereocenters. The van der Waals surface area contributed by atoms with Gasteiger partial charge in [-0.3, -0.25) is 0 Å². The molecule has 1 aromatic carbocycles. The molecule has 0 amide bonds. The normalized spacial score (nSPS) is 10.4. The van der Waals surface area contributed by atoms with E-state index in [4.69, 9.17) is 5.26 Å². The van der Waals surface area contributed by atoms with Crippen molar-refractivity contribution in [2.75, 3.05) is 0 Å². The predicted molar refractivity (Wildman–Crippen MR) is 57.6 cm³/mol. The van der Waals surface area contributed by atoms with E-state index in [9.17, 15) is 13.0 Å². The Hall–Kier alpha value is 0.256. The fraction of sp³-hybridized carbons (Fsp3) is 0.364. The van der Waals surface area contributed by atoms with Gasteiger partial charge in [-0.2, -0.15) is 5.26 Å². The van der Waals surface area contributed by atoms with Crippen LogP contribution in [0.4, 0.5) is 0 Å². The minimum Gasteiger partial charge on any atom is -0.744 e.